The molecule has 74 valence electrons. The Morgan fingerprint density at radius 2 is 2.43 bits per heavy atom. The second-order valence-corrected chi connectivity index (χ2v) is 3.93. The predicted molar refractivity (Wildman–Crippen MR) is 57.6 cm³/mol. The summed E-state index contributed by atoms with van der Waals surface area (Å²) in [5, 5.41) is 13.5. The van der Waals surface area contributed by atoms with Crippen LogP contribution in [0.3, 0.4) is 0 Å². The normalized spacial score (nSPS) is 10.6. The van der Waals surface area contributed by atoms with Crippen LogP contribution in [0, 0.1) is 0 Å². The van der Waals surface area contributed by atoms with Crippen molar-refractivity contribution in [1.82, 2.24) is 9.97 Å². The average molecular weight is 208 g/mol. The molecular formula is C10H12N2OS. The predicted octanol–water partition coefficient (Wildman–Crippen LogP) is 2.80. The average Bonchev–Trinajstić information content (AvgIpc) is 2.76. The summed E-state index contributed by atoms with van der Waals surface area (Å²) in [5.41, 5.74) is 1.86. The number of thiophene rings is 1. The van der Waals surface area contributed by atoms with E-state index in [0.717, 1.165) is 29.9 Å². The zero-order valence-electron chi connectivity index (χ0n) is 7.95. The smallest absolute Gasteiger partial charge is 0.232 e. The minimum absolute atomic E-state index is 0.132. The van der Waals surface area contributed by atoms with Crippen molar-refractivity contribution in [2.75, 3.05) is 0 Å². The Kier molecular flexibility index (Phi) is 2.54. The number of imidazole rings is 1. The minimum Gasteiger partial charge on any atom is -0.492 e. The maximum atomic E-state index is 9.52. The topological polar surface area (TPSA) is 48.9 Å². The fourth-order valence-corrected chi connectivity index (χ4v) is 2.00. The second kappa shape index (κ2) is 3.84. The monoisotopic (exact) mass is 208 g/mol. The molecule has 2 aromatic rings. The molecular weight excluding hydrogens is 196 g/mol. The molecule has 2 heterocycles. The van der Waals surface area contributed by atoms with Crippen molar-refractivity contribution < 1.29 is 5.11 Å². The van der Waals surface area contributed by atoms with Gasteiger partial charge in [-0.2, -0.15) is 16.3 Å². The maximum Gasteiger partial charge on any atom is 0.232 e. The summed E-state index contributed by atoms with van der Waals surface area (Å²) in [4.78, 5) is 7.21. The number of rotatable bonds is 3. The summed E-state index contributed by atoms with van der Waals surface area (Å²) >= 11 is 1.62. The van der Waals surface area contributed by atoms with Crippen molar-refractivity contribution in [3.05, 3.63) is 22.5 Å². The van der Waals surface area contributed by atoms with Gasteiger partial charge in [-0.1, -0.05) is 13.3 Å². The van der Waals surface area contributed by atoms with Gasteiger partial charge >= 0.3 is 0 Å². The number of nitrogens with zero attached hydrogens (tertiary/aromatic N) is 1. The van der Waals surface area contributed by atoms with Gasteiger partial charge in [0.2, 0.25) is 5.88 Å². The minimum atomic E-state index is 0.132. The van der Waals surface area contributed by atoms with E-state index in [1.54, 1.807) is 11.3 Å². The number of aromatic amines is 1. The molecule has 0 fully saturated rings. The molecule has 4 heteroatoms. The van der Waals surface area contributed by atoms with Crippen molar-refractivity contribution in [1.29, 1.82) is 0 Å². The van der Waals surface area contributed by atoms with Crippen LogP contribution in [0.1, 0.15) is 19.0 Å². The van der Waals surface area contributed by atoms with Crippen molar-refractivity contribution in [2.24, 2.45) is 0 Å². The molecule has 0 spiro atoms. The van der Waals surface area contributed by atoms with Crippen LogP contribution in [0.5, 0.6) is 5.88 Å². The zero-order valence-corrected chi connectivity index (χ0v) is 8.77. The van der Waals surface area contributed by atoms with Crippen LogP contribution >= 0.6 is 11.3 Å². The third-order valence-corrected chi connectivity index (χ3v) is 2.73. The van der Waals surface area contributed by atoms with E-state index in [-0.39, 0.29) is 5.88 Å². The van der Waals surface area contributed by atoms with E-state index < -0.39 is 0 Å². The van der Waals surface area contributed by atoms with E-state index in [1.165, 1.54) is 0 Å². The summed E-state index contributed by atoms with van der Waals surface area (Å²) in [6, 6.07) is 1.98. The van der Waals surface area contributed by atoms with Crippen LogP contribution in [0.25, 0.3) is 11.4 Å². The van der Waals surface area contributed by atoms with Crippen LogP contribution in [-0.4, -0.2) is 15.1 Å². The molecule has 14 heavy (non-hydrogen) atoms. The summed E-state index contributed by atoms with van der Waals surface area (Å²) in [6.07, 6.45) is 1.84. The SMILES string of the molecule is CCCc1[nH]c(-c2ccsc2)nc1O. The Morgan fingerprint density at radius 3 is 3.07 bits per heavy atom. The first-order valence-corrected chi connectivity index (χ1v) is 5.56. The van der Waals surface area contributed by atoms with Crippen molar-refractivity contribution in [2.45, 2.75) is 19.8 Å². The number of nitrogens with one attached hydrogen (secondary N) is 1. The number of hydrogen-bond donors (Lipinski definition) is 2. The number of aromatic nitrogens is 2. The highest BCUT2D eigenvalue weighted by Crippen LogP contribution is 2.24. The Bertz CT molecular complexity index is 406. The van der Waals surface area contributed by atoms with Gasteiger partial charge in [0, 0.05) is 10.9 Å². The lowest BCUT2D eigenvalue weighted by Crippen LogP contribution is -1.83. The molecule has 2 rings (SSSR count). The lowest BCUT2D eigenvalue weighted by atomic mass is 10.3. The standard InChI is InChI=1S/C10H12N2OS/c1-2-3-8-10(13)12-9(11-8)7-4-5-14-6-7/h4-6,13H,2-3H2,1H3,(H,11,12). The summed E-state index contributed by atoms with van der Waals surface area (Å²) in [6.45, 7) is 2.07. The number of hydrogen-bond acceptors (Lipinski definition) is 3. The van der Waals surface area contributed by atoms with Crippen molar-refractivity contribution >= 4 is 11.3 Å². The fourth-order valence-electron chi connectivity index (χ4n) is 1.36. The summed E-state index contributed by atoms with van der Waals surface area (Å²) < 4.78 is 0. The Morgan fingerprint density at radius 1 is 1.57 bits per heavy atom. The van der Waals surface area contributed by atoms with Crippen LogP contribution in [0.4, 0.5) is 0 Å². The van der Waals surface area contributed by atoms with E-state index >= 15 is 0 Å². The molecule has 0 radical (unpaired) electrons. The van der Waals surface area contributed by atoms with Gasteiger partial charge in [0.05, 0.1) is 5.69 Å². The molecule has 2 N–H and O–H groups in total. The molecule has 0 amide bonds. The van der Waals surface area contributed by atoms with E-state index in [9.17, 15) is 5.11 Å². The Hall–Kier alpha value is -1.29. The molecule has 0 saturated heterocycles. The van der Waals surface area contributed by atoms with Gasteiger partial charge in [0.1, 0.15) is 5.82 Å². The molecule has 0 aromatic carbocycles. The van der Waals surface area contributed by atoms with E-state index in [4.69, 9.17) is 0 Å². The number of aryl methyl sites for hydroxylation is 1. The third kappa shape index (κ3) is 1.65. The van der Waals surface area contributed by atoms with E-state index in [0.29, 0.717) is 0 Å². The molecule has 0 aliphatic rings. The van der Waals surface area contributed by atoms with Gasteiger partial charge in [0.25, 0.3) is 0 Å². The van der Waals surface area contributed by atoms with Gasteiger partial charge in [-0.15, -0.1) is 0 Å². The molecule has 3 nitrogen and oxygen atoms in total. The highest BCUT2D eigenvalue weighted by Gasteiger charge is 2.09. The van der Waals surface area contributed by atoms with Crippen LogP contribution in [0.15, 0.2) is 16.8 Å². The lowest BCUT2D eigenvalue weighted by molar-refractivity contribution is 0.449. The number of aromatic hydroxyl groups is 1. The van der Waals surface area contributed by atoms with Gasteiger partial charge in [0.15, 0.2) is 0 Å². The molecule has 0 aliphatic carbocycles. The second-order valence-electron chi connectivity index (χ2n) is 3.15. The Balaban J connectivity index is 2.33. The van der Waals surface area contributed by atoms with E-state index in [2.05, 4.69) is 16.9 Å². The molecule has 0 unspecified atom stereocenters. The maximum absolute atomic E-state index is 9.52. The van der Waals surface area contributed by atoms with Crippen molar-refractivity contribution in [3.8, 4) is 17.3 Å². The first kappa shape index (κ1) is 9.27. The molecule has 0 bridgehead atoms. The van der Waals surface area contributed by atoms with Gasteiger partial charge in [-0.25, -0.2) is 0 Å². The highest BCUT2D eigenvalue weighted by molar-refractivity contribution is 7.08. The molecule has 2 aromatic heterocycles. The molecule has 0 aliphatic heterocycles. The molecule has 0 saturated carbocycles. The van der Waals surface area contributed by atoms with Crippen LogP contribution in [0.2, 0.25) is 0 Å². The van der Waals surface area contributed by atoms with Crippen LogP contribution in [-0.2, 0) is 6.42 Å². The lowest BCUT2D eigenvalue weighted by Gasteiger charge is -1.91. The molecule has 0 atom stereocenters. The Labute approximate surface area is 86.4 Å². The highest BCUT2D eigenvalue weighted by atomic mass is 32.1. The fraction of sp³-hybridized carbons (Fsp3) is 0.300. The van der Waals surface area contributed by atoms with Gasteiger partial charge in [-0.3, -0.25) is 0 Å². The van der Waals surface area contributed by atoms with Crippen LogP contribution < -0.4 is 0 Å². The third-order valence-electron chi connectivity index (χ3n) is 2.05. The zero-order chi connectivity index (χ0) is 9.97. The first-order valence-electron chi connectivity index (χ1n) is 4.61. The van der Waals surface area contributed by atoms with Crippen molar-refractivity contribution in [3.63, 3.8) is 0 Å². The summed E-state index contributed by atoms with van der Waals surface area (Å²) in [5.74, 6) is 0.889. The van der Waals surface area contributed by atoms with Gasteiger partial charge < -0.3 is 10.1 Å². The quantitative estimate of drug-likeness (QED) is 0.814. The number of H-pyrrole nitrogens is 1. The largest absolute Gasteiger partial charge is 0.492 e. The first-order chi connectivity index (χ1) is 6.81. The van der Waals surface area contributed by atoms with Gasteiger partial charge in [-0.05, 0) is 17.9 Å². The van der Waals surface area contributed by atoms with E-state index in [1.807, 2.05) is 16.8 Å². The summed E-state index contributed by atoms with van der Waals surface area (Å²) in [7, 11) is 0.